The maximum atomic E-state index is 13.5. The van der Waals surface area contributed by atoms with Gasteiger partial charge in [0.2, 0.25) is 0 Å². The lowest BCUT2D eigenvalue weighted by Gasteiger charge is -2.37. The van der Waals surface area contributed by atoms with Gasteiger partial charge in [-0.25, -0.2) is 0 Å². The minimum absolute atomic E-state index is 0.410. The SMILES string of the molecule is Cc1cccc(C)c1[C@@H](CC(=O)C[C@H](c1c(C)cccc1C)C1CCC1)C1CCC1. The van der Waals surface area contributed by atoms with Gasteiger partial charge in [0.15, 0.2) is 0 Å². The van der Waals surface area contributed by atoms with Crippen molar-refractivity contribution in [1.29, 1.82) is 0 Å². The van der Waals surface area contributed by atoms with Gasteiger partial charge in [-0.3, -0.25) is 4.79 Å². The fourth-order valence-electron chi connectivity index (χ4n) is 6.09. The van der Waals surface area contributed by atoms with Crippen LogP contribution >= 0.6 is 0 Å². The predicted molar refractivity (Wildman–Crippen MR) is 126 cm³/mol. The maximum Gasteiger partial charge on any atom is 0.134 e. The molecule has 0 heterocycles. The molecule has 30 heavy (non-hydrogen) atoms. The van der Waals surface area contributed by atoms with E-state index in [0.29, 0.717) is 29.5 Å². The van der Waals surface area contributed by atoms with E-state index in [1.165, 1.54) is 71.9 Å². The third-order valence-corrected chi connectivity index (χ3v) is 8.16. The van der Waals surface area contributed by atoms with Gasteiger partial charge in [-0.2, -0.15) is 0 Å². The Bertz CT molecular complexity index is 787. The number of aryl methyl sites for hydroxylation is 4. The molecule has 0 radical (unpaired) electrons. The molecule has 2 aliphatic carbocycles. The summed E-state index contributed by atoms with van der Waals surface area (Å²) in [5, 5.41) is 0. The van der Waals surface area contributed by atoms with Gasteiger partial charge in [-0.05, 0) is 110 Å². The van der Waals surface area contributed by atoms with Crippen LogP contribution in [-0.2, 0) is 4.79 Å². The molecule has 2 fully saturated rings. The first-order chi connectivity index (χ1) is 14.5. The first-order valence-corrected chi connectivity index (χ1v) is 12.1. The van der Waals surface area contributed by atoms with E-state index in [9.17, 15) is 4.79 Å². The van der Waals surface area contributed by atoms with Gasteiger partial charge < -0.3 is 0 Å². The Labute approximate surface area is 183 Å². The molecule has 1 nitrogen and oxygen atoms in total. The first kappa shape index (κ1) is 21.3. The standard InChI is InChI=1S/C29H38O/c1-19-9-5-10-20(2)28(19)26(23-13-7-14-23)17-25(30)18-27(24-15-8-16-24)29-21(3)11-6-12-22(29)4/h5-6,9-12,23-24,26-27H,7-8,13-18H2,1-4H3/t26-,27-/m0/s1. The average molecular weight is 403 g/mol. The zero-order valence-corrected chi connectivity index (χ0v) is 19.3. The zero-order valence-electron chi connectivity index (χ0n) is 19.3. The molecule has 1 heteroatoms. The molecule has 0 bridgehead atoms. The largest absolute Gasteiger partial charge is 0.300 e. The van der Waals surface area contributed by atoms with Crippen LogP contribution in [0.4, 0.5) is 0 Å². The summed E-state index contributed by atoms with van der Waals surface area (Å²) < 4.78 is 0. The highest BCUT2D eigenvalue weighted by atomic mass is 16.1. The lowest BCUT2D eigenvalue weighted by molar-refractivity contribution is -0.120. The van der Waals surface area contributed by atoms with Gasteiger partial charge >= 0.3 is 0 Å². The van der Waals surface area contributed by atoms with Gasteiger partial charge in [0.05, 0.1) is 0 Å². The van der Waals surface area contributed by atoms with E-state index in [2.05, 4.69) is 64.1 Å². The summed E-state index contributed by atoms with van der Waals surface area (Å²) in [5.74, 6) is 2.68. The smallest absolute Gasteiger partial charge is 0.134 e. The van der Waals surface area contributed by atoms with Crippen LogP contribution in [0.5, 0.6) is 0 Å². The van der Waals surface area contributed by atoms with Gasteiger partial charge in [0.1, 0.15) is 5.78 Å². The van der Waals surface area contributed by atoms with Crippen molar-refractivity contribution in [3.8, 4) is 0 Å². The fraction of sp³-hybridized carbons (Fsp3) is 0.552. The van der Waals surface area contributed by atoms with Crippen LogP contribution < -0.4 is 0 Å². The van der Waals surface area contributed by atoms with Gasteiger partial charge in [-0.15, -0.1) is 0 Å². The predicted octanol–water partition coefficient (Wildman–Crippen LogP) is 7.74. The number of carbonyl (C=O) groups is 1. The maximum absolute atomic E-state index is 13.5. The molecule has 2 saturated carbocycles. The van der Waals surface area contributed by atoms with Crippen LogP contribution in [0.3, 0.4) is 0 Å². The number of ketones is 1. The molecule has 0 N–H and O–H groups in total. The number of Topliss-reactive ketones (excluding diaryl/α,β-unsaturated/α-hetero) is 1. The highest BCUT2D eigenvalue weighted by molar-refractivity contribution is 5.80. The highest BCUT2D eigenvalue weighted by Crippen LogP contribution is 2.46. The van der Waals surface area contributed by atoms with Crippen molar-refractivity contribution in [2.45, 2.75) is 90.9 Å². The summed E-state index contributed by atoms with van der Waals surface area (Å²) in [5.41, 5.74) is 8.38. The van der Waals surface area contributed by atoms with Crippen LogP contribution in [0, 0.1) is 39.5 Å². The third-order valence-electron chi connectivity index (χ3n) is 8.16. The van der Waals surface area contributed by atoms with E-state index < -0.39 is 0 Å². The lowest BCUT2D eigenvalue weighted by atomic mass is 9.67. The van der Waals surface area contributed by atoms with Crippen molar-refractivity contribution < 1.29 is 4.79 Å². The average Bonchev–Trinajstić information content (AvgIpc) is 2.58. The molecule has 0 saturated heterocycles. The molecular weight excluding hydrogens is 364 g/mol. The molecule has 2 atom stereocenters. The first-order valence-electron chi connectivity index (χ1n) is 12.1. The second-order valence-electron chi connectivity index (χ2n) is 10.2. The van der Waals surface area contributed by atoms with Crippen LogP contribution in [0.15, 0.2) is 36.4 Å². The molecule has 4 rings (SSSR count). The van der Waals surface area contributed by atoms with Crippen molar-refractivity contribution >= 4 is 5.78 Å². The second-order valence-corrected chi connectivity index (χ2v) is 10.2. The Morgan fingerprint density at radius 3 is 1.30 bits per heavy atom. The van der Waals surface area contributed by atoms with Crippen LogP contribution in [0.2, 0.25) is 0 Å². The van der Waals surface area contributed by atoms with Gasteiger partial charge in [-0.1, -0.05) is 49.2 Å². The van der Waals surface area contributed by atoms with Crippen molar-refractivity contribution in [3.63, 3.8) is 0 Å². The molecule has 0 aliphatic heterocycles. The molecule has 0 unspecified atom stereocenters. The van der Waals surface area contributed by atoms with E-state index in [0.717, 1.165) is 12.8 Å². The van der Waals surface area contributed by atoms with E-state index in [4.69, 9.17) is 0 Å². The number of rotatable bonds is 8. The van der Waals surface area contributed by atoms with Crippen molar-refractivity contribution in [2.24, 2.45) is 11.8 Å². The molecule has 2 aromatic carbocycles. The molecule has 160 valence electrons. The Balaban J connectivity index is 1.57. The van der Waals surface area contributed by atoms with Crippen molar-refractivity contribution in [3.05, 3.63) is 69.8 Å². The molecule has 0 amide bonds. The third kappa shape index (κ3) is 4.27. The van der Waals surface area contributed by atoms with Crippen molar-refractivity contribution in [2.75, 3.05) is 0 Å². The van der Waals surface area contributed by atoms with E-state index in [1.54, 1.807) is 0 Å². The lowest BCUT2D eigenvalue weighted by Crippen LogP contribution is -2.27. The quantitative estimate of drug-likeness (QED) is 0.441. The summed E-state index contributed by atoms with van der Waals surface area (Å²) in [4.78, 5) is 13.5. The second kappa shape index (κ2) is 9.08. The van der Waals surface area contributed by atoms with Crippen molar-refractivity contribution in [1.82, 2.24) is 0 Å². The Morgan fingerprint density at radius 2 is 1.03 bits per heavy atom. The topological polar surface area (TPSA) is 17.1 Å². The minimum atomic E-state index is 0.410. The summed E-state index contributed by atoms with van der Waals surface area (Å²) in [7, 11) is 0. The number of hydrogen-bond donors (Lipinski definition) is 0. The van der Waals surface area contributed by atoms with Gasteiger partial charge in [0, 0.05) is 12.8 Å². The summed E-state index contributed by atoms with van der Waals surface area (Å²) in [6, 6.07) is 13.2. The Morgan fingerprint density at radius 1 is 0.700 bits per heavy atom. The molecule has 0 aromatic heterocycles. The minimum Gasteiger partial charge on any atom is -0.300 e. The van der Waals surface area contributed by atoms with E-state index in [-0.39, 0.29) is 0 Å². The number of carbonyl (C=O) groups excluding carboxylic acids is 1. The normalized spacial score (nSPS) is 19.1. The summed E-state index contributed by atoms with van der Waals surface area (Å²) in [6.07, 6.45) is 9.25. The molecule has 2 aliphatic rings. The molecular formula is C29H38O. The summed E-state index contributed by atoms with van der Waals surface area (Å²) >= 11 is 0. The van der Waals surface area contributed by atoms with Crippen LogP contribution in [-0.4, -0.2) is 5.78 Å². The van der Waals surface area contributed by atoms with Gasteiger partial charge in [0.25, 0.3) is 0 Å². The number of benzene rings is 2. The van der Waals surface area contributed by atoms with E-state index in [1.807, 2.05) is 0 Å². The monoisotopic (exact) mass is 402 g/mol. The molecule has 0 spiro atoms. The van der Waals surface area contributed by atoms with Crippen LogP contribution in [0.1, 0.15) is 96.6 Å². The zero-order chi connectivity index (χ0) is 21.3. The summed E-state index contributed by atoms with van der Waals surface area (Å²) in [6.45, 7) is 8.91. The van der Waals surface area contributed by atoms with Crippen LogP contribution in [0.25, 0.3) is 0 Å². The Kier molecular flexibility index (Phi) is 6.46. The van der Waals surface area contributed by atoms with E-state index >= 15 is 0 Å². The fourth-order valence-corrected chi connectivity index (χ4v) is 6.09. The highest BCUT2D eigenvalue weighted by Gasteiger charge is 2.35. The molecule has 2 aromatic rings. The number of hydrogen-bond acceptors (Lipinski definition) is 1. The Hall–Kier alpha value is -1.89.